The van der Waals surface area contributed by atoms with Crippen LogP contribution in [0.25, 0.3) is 54.9 Å². The van der Waals surface area contributed by atoms with Crippen LogP contribution >= 0.6 is 0 Å². The molecular formula is C58H53N. The van der Waals surface area contributed by atoms with Crippen molar-refractivity contribution in [2.24, 2.45) is 0 Å². The molecule has 0 aromatic heterocycles. The van der Waals surface area contributed by atoms with Crippen LogP contribution in [0.2, 0.25) is 0 Å². The van der Waals surface area contributed by atoms with E-state index >= 15 is 0 Å². The molecule has 0 fully saturated rings. The van der Waals surface area contributed by atoms with Gasteiger partial charge in [0.2, 0.25) is 0 Å². The van der Waals surface area contributed by atoms with E-state index < -0.39 is 0 Å². The van der Waals surface area contributed by atoms with Gasteiger partial charge in [-0.05, 0) is 126 Å². The van der Waals surface area contributed by atoms with Gasteiger partial charge in [0.05, 0.1) is 5.69 Å². The molecule has 0 bridgehead atoms. The number of benzene rings is 8. The number of para-hydroxylation sites is 1. The van der Waals surface area contributed by atoms with Crippen LogP contribution in [0.4, 0.5) is 17.1 Å². The number of rotatable bonds is 7. The lowest BCUT2D eigenvalue weighted by Gasteiger charge is -2.29. The summed E-state index contributed by atoms with van der Waals surface area (Å²) in [4.78, 5) is 2.45. The summed E-state index contributed by atoms with van der Waals surface area (Å²) < 4.78 is 0. The van der Waals surface area contributed by atoms with Crippen LogP contribution in [-0.2, 0) is 10.8 Å². The number of hydrogen-bond acceptors (Lipinski definition) is 1. The minimum Gasteiger partial charge on any atom is -0.310 e. The molecule has 0 radical (unpaired) electrons. The fraction of sp³-hybridized carbons (Fsp3) is 0.172. The monoisotopic (exact) mass is 763 g/mol. The normalized spacial score (nSPS) is 13.3. The molecule has 0 unspecified atom stereocenters. The summed E-state index contributed by atoms with van der Waals surface area (Å²) >= 11 is 0. The number of anilines is 3. The molecule has 1 nitrogen and oxygen atoms in total. The van der Waals surface area contributed by atoms with Gasteiger partial charge in [-0.1, -0.05) is 199 Å². The maximum Gasteiger partial charge on any atom is 0.0540 e. The average Bonchev–Trinajstić information content (AvgIpc) is 3.26. The van der Waals surface area contributed by atoms with E-state index in [-0.39, 0.29) is 10.8 Å². The first kappa shape index (κ1) is 38.1. The fourth-order valence-electron chi connectivity index (χ4n) is 8.69. The second-order valence-electron chi connectivity index (χ2n) is 18.2. The van der Waals surface area contributed by atoms with Crippen molar-refractivity contribution < 1.29 is 0 Å². The van der Waals surface area contributed by atoms with Gasteiger partial charge < -0.3 is 4.90 Å². The Morgan fingerprint density at radius 2 is 0.898 bits per heavy atom. The van der Waals surface area contributed by atoms with Crippen LogP contribution in [0.15, 0.2) is 188 Å². The molecule has 0 amide bonds. The van der Waals surface area contributed by atoms with Gasteiger partial charge in [0.25, 0.3) is 0 Å². The fourth-order valence-corrected chi connectivity index (χ4v) is 8.69. The van der Waals surface area contributed by atoms with Crippen LogP contribution in [0.1, 0.15) is 76.6 Å². The van der Waals surface area contributed by atoms with Crippen molar-refractivity contribution in [2.45, 2.75) is 65.2 Å². The quantitative estimate of drug-likeness (QED) is 0.156. The van der Waals surface area contributed by atoms with E-state index in [1.165, 1.54) is 77.2 Å². The molecule has 290 valence electrons. The van der Waals surface area contributed by atoms with E-state index in [1.54, 1.807) is 0 Å². The zero-order chi connectivity index (χ0) is 40.7. The second kappa shape index (κ2) is 15.4. The first-order chi connectivity index (χ1) is 28.5. The highest BCUT2D eigenvalue weighted by molar-refractivity contribution is 6.09. The molecule has 1 aliphatic carbocycles. The largest absolute Gasteiger partial charge is 0.310 e. The molecule has 0 saturated carbocycles. The standard InChI is InChI=1S/C58H53N/c1-57(2,3)48-36-47(37-49(39-48)58(4,5)6)52-23-14-20-45-21-15-24-54(56(45)52)53-22-12-13-25-55(53)59(51-35-32-41-18-10-11-19-46(41)38-51)50-33-30-44(31-34-50)43-28-26-42(27-29-43)40-16-8-7-9-17-40/h7-26,28,30-39H,27,29H2,1-6H3. The van der Waals surface area contributed by atoms with Crippen LogP contribution in [-0.4, -0.2) is 0 Å². The first-order valence-corrected chi connectivity index (χ1v) is 21.1. The summed E-state index contributed by atoms with van der Waals surface area (Å²) in [5, 5.41) is 4.96. The minimum atomic E-state index is 0.0151. The molecule has 9 rings (SSSR count). The van der Waals surface area contributed by atoms with Gasteiger partial charge in [0.15, 0.2) is 0 Å². The maximum atomic E-state index is 2.45. The molecule has 8 aromatic rings. The Hall–Kier alpha value is -6.44. The summed E-state index contributed by atoms with van der Waals surface area (Å²) in [6.07, 6.45) is 6.69. The number of allylic oxidation sites excluding steroid dienone is 4. The summed E-state index contributed by atoms with van der Waals surface area (Å²) in [5.41, 5.74) is 16.5. The van der Waals surface area contributed by atoms with Crippen molar-refractivity contribution in [3.05, 3.63) is 210 Å². The molecule has 0 spiro atoms. The molecule has 0 saturated heterocycles. The van der Waals surface area contributed by atoms with Gasteiger partial charge in [0, 0.05) is 16.9 Å². The number of hydrogen-bond donors (Lipinski definition) is 0. The minimum absolute atomic E-state index is 0.0151. The van der Waals surface area contributed by atoms with E-state index in [2.05, 4.69) is 235 Å². The lowest BCUT2D eigenvalue weighted by Crippen LogP contribution is -2.16. The highest BCUT2D eigenvalue weighted by atomic mass is 15.1. The Morgan fingerprint density at radius 1 is 0.373 bits per heavy atom. The van der Waals surface area contributed by atoms with E-state index in [9.17, 15) is 0 Å². The molecule has 8 aromatic carbocycles. The third-order valence-corrected chi connectivity index (χ3v) is 12.1. The van der Waals surface area contributed by atoms with Crippen LogP contribution in [0.5, 0.6) is 0 Å². The maximum absolute atomic E-state index is 2.45. The summed E-state index contributed by atoms with van der Waals surface area (Å²) in [7, 11) is 0. The lowest BCUT2D eigenvalue weighted by atomic mass is 9.78. The predicted octanol–water partition coefficient (Wildman–Crippen LogP) is 16.7. The van der Waals surface area contributed by atoms with E-state index in [0.717, 1.165) is 29.9 Å². The van der Waals surface area contributed by atoms with E-state index in [0.29, 0.717) is 0 Å². The Bertz CT molecular complexity index is 2840. The Labute approximate surface area is 351 Å². The van der Waals surface area contributed by atoms with Crippen molar-refractivity contribution in [3.63, 3.8) is 0 Å². The van der Waals surface area contributed by atoms with E-state index in [1.807, 2.05) is 0 Å². The van der Waals surface area contributed by atoms with Crippen LogP contribution in [0.3, 0.4) is 0 Å². The topological polar surface area (TPSA) is 3.24 Å². The van der Waals surface area contributed by atoms with Crippen molar-refractivity contribution in [1.82, 2.24) is 0 Å². The van der Waals surface area contributed by atoms with Gasteiger partial charge in [-0.2, -0.15) is 0 Å². The number of fused-ring (bicyclic) bond motifs is 2. The molecule has 59 heavy (non-hydrogen) atoms. The zero-order valence-corrected chi connectivity index (χ0v) is 35.3. The molecule has 1 heteroatoms. The van der Waals surface area contributed by atoms with Crippen molar-refractivity contribution >= 4 is 49.8 Å². The summed E-state index contributed by atoms with van der Waals surface area (Å²) in [6.45, 7) is 13.9. The first-order valence-electron chi connectivity index (χ1n) is 21.1. The second-order valence-corrected chi connectivity index (χ2v) is 18.2. The smallest absolute Gasteiger partial charge is 0.0540 e. The zero-order valence-electron chi connectivity index (χ0n) is 35.3. The van der Waals surface area contributed by atoms with Crippen LogP contribution < -0.4 is 4.90 Å². The van der Waals surface area contributed by atoms with E-state index in [4.69, 9.17) is 0 Å². The van der Waals surface area contributed by atoms with Crippen molar-refractivity contribution in [2.75, 3.05) is 4.90 Å². The van der Waals surface area contributed by atoms with Crippen molar-refractivity contribution in [1.29, 1.82) is 0 Å². The molecule has 0 heterocycles. The lowest BCUT2D eigenvalue weighted by molar-refractivity contribution is 0.569. The Morgan fingerprint density at radius 3 is 1.54 bits per heavy atom. The van der Waals surface area contributed by atoms with Crippen LogP contribution in [0, 0.1) is 0 Å². The SMILES string of the molecule is CC(C)(C)c1cc(-c2cccc3cccc(-c4ccccc4N(c4ccc(C5=CC=C(c6ccccc6)CC5)cc4)c4ccc5ccccc5c4)c23)cc(C(C)(C)C)c1. The van der Waals surface area contributed by atoms with Gasteiger partial charge in [-0.25, -0.2) is 0 Å². The third kappa shape index (κ3) is 7.66. The summed E-state index contributed by atoms with van der Waals surface area (Å²) in [6, 6.07) is 65.3. The highest BCUT2D eigenvalue weighted by Crippen LogP contribution is 2.46. The Balaban J connectivity index is 1.20. The summed E-state index contributed by atoms with van der Waals surface area (Å²) in [5.74, 6) is 0. The van der Waals surface area contributed by atoms with Gasteiger partial charge >= 0.3 is 0 Å². The highest BCUT2D eigenvalue weighted by Gasteiger charge is 2.24. The van der Waals surface area contributed by atoms with Gasteiger partial charge in [-0.3, -0.25) is 0 Å². The third-order valence-electron chi connectivity index (χ3n) is 12.1. The molecule has 0 N–H and O–H groups in total. The molecular weight excluding hydrogens is 711 g/mol. The molecule has 0 atom stereocenters. The predicted molar refractivity (Wildman–Crippen MR) is 256 cm³/mol. The average molecular weight is 764 g/mol. The van der Waals surface area contributed by atoms with Gasteiger partial charge in [0.1, 0.15) is 0 Å². The Kier molecular flexibility index (Phi) is 9.93. The van der Waals surface area contributed by atoms with Crippen molar-refractivity contribution in [3.8, 4) is 22.3 Å². The number of nitrogens with zero attached hydrogens (tertiary/aromatic N) is 1. The molecule has 0 aliphatic heterocycles. The molecule has 1 aliphatic rings. The van der Waals surface area contributed by atoms with Gasteiger partial charge in [-0.15, -0.1) is 0 Å².